The second kappa shape index (κ2) is 40.3. The molecule has 0 N–H and O–H groups in total. The number of ketones is 1. The minimum atomic E-state index is -0.490. The summed E-state index contributed by atoms with van der Waals surface area (Å²) in [4.78, 5) is 39.8. The van der Waals surface area contributed by atoms with E-state index >= 15 is 0 Å². The van der Waals surface area contributed by atoms with E-state index in [0.717, 1.165) is 36.6 Å². The van der Waals surface area contributed by atoms with Crippen LogP contribution < -0.4 is 9.80 Å². The topological polar surface area (TPSA) is 187 Å². The van der Waals surface area contributed by atoms with Crippen LogP contribution in [-0.4, -0.2) is 188 Å². The molecule has 0 saturated carbocycles. The maximum Gasteiger partial charge on any atom is 0.330 e. The minimum Gasteiger partial charge on any atom is -0.460 e. The maximum atomic E-state index is 13.4. The molecule has 19 nitrogen and oxygen atoms in total. The lowest BCUT2D eigenvalue weighted by molar-refractivity contribution is -0.157. The van der Waals surface area contributed by atoms with Gasteiger partial charge in [0.05, 0.1) is 106 Å². The number of ether oxygens (including phenoxy) is 14. The zero-order valence-electron chi connectivity index (χ0n) is 42.4. The minimum absolute atomic E-state index is 0.0453. The Morgan fingerprint density at radius 2 is 0.671 bits per heavy atom. The van der Waals surface area contributed by atoms with Gasteiger partial charge in [0.15, 0.2) is 30.9 Å². The van der Waals surface area contributed by atoms with Gasteiger partial charge in [0.1, 0.15) is 13.2 Å². The van der Waals surface area contributed by atoms with E-state index in [1.54, 1.807) is 13.8 Å². The standard InChI is InChI=1S/C51H80N2O17/c1-9-49(54)69-39-37-67-43(7)65-35-31-59-27-25-57-29-33-63-41(5)61-23-21-52(11-3)47-17-13-45(14-18-47)51(56)46-15-19-48(20-16-46)53(12-4)22-24-62-42(6)64-34-30-58-26-28-60-32-36-66-44(8)68-38-40-70-50(55)10-2/h9-10,13-20,41-44H,1-2,11-12,21-40H2,3-8H3. The highest BCUT2D eigenvalue weighted by atomic mass is 16.7. The van der Waals surface area contributed by atoms with E-state index in [2.05, 4.69) is 36.8 Å². The van der Waals surface area contributed by atoms with Crippen LogP contribution in [0.5, 0.6) is 0 Å². The number of likely N-dealkylation sites (N-methyl/N-ethyl adjacent to an activating group) is 2. The van der Waals surface area contributed by atoms with Crippen molar-refractivity contribution in [1.82, 2.24) is 0 Å². The van der Waals surface area contributed by atoms with Crippen molar-refractivity contribution < 1.29 is 80.7 Å². The second-order valence-corrected chi connectivity index (χ2v) is 15.0. The van der Waals surface area contributed by atoms with Crippen LogP contribution in [0, 0.1) is 0 Å². The van der Waals surface area contributed by atoms with Crippen LogP contribution in [-0.2, 0) is 75.9 Å². The van der Waals surface area contributed by atoms with E-state index in [1.165, 1.54) is 0 Å². The Balaban J connectivity index is 1.55. The molecule has 4 unspecified atom stereocenters. The first-order chi connectivity index (χ1) is 34.0. The quantitative estimate of drug-likeness (QED) is 0.0262. The Kier molecular flexibility index (Phi) is 35.5. The van der Waals surface area contributed by atoms with Crippen molar-refractivity contribution in [2.45, 2.75) is 66.7 Å². The molecule has 0 aliphatic rings. The van der Waals surface area contributed by atoms with Gasteiger partial charge in [0, 0.05) is 60.8 Å². The number of benzene rings is 2. The van der Waals surface area contributed by atoms with E-state index in [1.807, 2.05) is 62.4 Å². The number of anilines is 2. The predicted molar refractivity (Wildman–Crippen MR) is 263 cm³/mol. The zero-order chi connectivity index (χ0) is 51.0. The van der Waals surface area contributed by atoms with Crippen LogP contribution in [0.3, 0.4) is 0 Å². The van der Waals surface area contributed by atoms with Gasteiger partial charge in [-0.25, -0.2) is 9.59 Å². The Morgan fingerprint density at radius 3 is 0.943 bits per heavy atom. The Labute approximate surface area is 415 Å². The van der Waals surface area contributed by atoms with Crippen molar-refractivity contribution in [3.05, 3.63) is 85.0 Å². The highest BCUT2D eigenvalue weighted by Crippen LogP contribution is 2.20. The highest BCUT2D eigenvalue weighted by molar-refractivity contribution is 6.09. The normalized spacial score (nSPS) is 13.0. The number of nitrogens with zero attached hydrogens (tertiary/aromatic N) is 2. The summed E-state index contributed by atoms with van der Waals surface area (Å²) in [5.74, 6) is -1.03. The molecule has 0 bridgehead atoms. The van der Waals surface area contributed by atoms with E-state index in [0.29, 0.717) is 117 Å². The lowest BCUT2D eigenvalue weighted by Gasteiger charge is -2.24. The molecule has 0 amide bonds. The molecule has 0 spiro atoms. The number of hydrogen-bond donors (Lipinski definition) is 0. The van der Waals surface area contributed by atoms with Crippen molar-refractivity contribution >= 4 is 29.1 Å². The van der Waals surface area contributed by atoms with Gasteiger partial charge >= 0.3 is 11.9 Å². The molecule has 0 radical (unpaired) electrons. The van der Waals surface area contributed by atoms with Crippen LogP contribution in [0.2, 0.25) is 0 Å². The smallest absolute Gasteiger partial charge is 0.330 e. The summed E-state index contributed by atoms with van der Waals surface area (Å²) in [5, 5.41) is 0. The van der Waals surface area contributed by atoms with Gasteiger partial charge in [0.2, 0.25) is 0 Å². The fourth-order valence-corrected chi connectivity index (χ4v) is 6.17. The summed E-state index contributed by atoms with van der Waals surface area (Å²) < 4.78 is 76.9. The van der Waals surface area contributed by atoms with Crippen LogP contribution in [0.25, 0.3) is 0 Å². The van der Waals surface area contributed by atoms with Crippen LogP contribution >= 0.6 is 0 Å². The predicted octanol–water partition coefficient (Wildman–Crippen LogP) is 5.61. The summed E-state index contributed by atoms with van der Waals surface area (Å²) in [7, 11) is 0. The second-order valence-electron chi connectivity index (χ2n) is 15.0. The first kappa shape index (κ1) is 61.8. The Hall–Kier alpha value is -4.35. The van der Waals surface area contributed by atoms with Crippen molar-refractivity contribution in [3.8, 4) is 0 Å². The molecule has 0 aliphatic carbocycles. The molecular weight excluding hydrogens is 913 g/mol. The molecule has 0 saturated heterocycles. The molecule has 2 aromatic carbocycles. The Bertz CT molecular complexity index is 1550. The fourth-order valence-electron chi connectivity index (χ4n) is 6.17. The van der Waals surface area contributed by atoms with Crippen molar-refractivity contribution in [3.63, 3.8) is 0 Å². The van der Waals surface area contributed by atoms with E-state index in [4.69, 9.17) is 66.3 Å². The fraction of sp³-hybridized carbons (Fsp3) is 0.627. The summed E-state index contributed by atoms with van der Waals surface area (Å²) in [6.45, 7) is 27.3. The van der Waals surface area contributed by atoms with Crippen molar-refractivity contribution in [1.29, 1.82) is 0 Å². The van der Waals surface area contributed by atoms with Gasteiger partial charge in [-0.15, -0.1) is 0 Å². The van der Waals surface area contributed by atoms with Gasteiger partial charge in [-0.1, -0.05) is 13.2 Å². The van der Waals surface area contributed by atoms with Gasteiger partial charge in [-0.05, 0) is 90.1 Å². The molecule has 0 heterocycles. The van der Waals surface area contributed by atoms with Crippen molar-refractivity contribution in [2.24, 2.45) is 0 Å². The third kappa shape index (κ3) is 29.7. The van der Waals surface area contributed by atoms with Crippen molar-refractivity contribution in [2.75, 3.05) is 155 Å². The lowest BCUT2D eigenvalue weighted by Crippen LogP contribution is -2.29. The SMILES string of the molecule is C=CC(=O)OCCOC(C)OCCOCCOCCOC(C)OCCN(CC)c1ccc(C(=O)c2ccc(N(CC)CCOC(C)OCCOCCOCCOC(C)OCCOC(=O)C=C)cc2)cc1. The molecule has 0 fully saturated rings. The highest BCUT2D eigenvalue weighted by Gasteiger charge is 2.14. The third-order valence-corrected chi connectivity index (χ3v) is 9.94. The van der Waals surface area contributed by atoms with Gasteiger partial charge in [0.25, 0.3) is 0 Å². The number of carbonyl (C=O) groups excluding carboxylic acids is 3. The molecule has 2 aromatic rings. The monoisotopic (exact) mass is 993 g/mol. The third-order valence-electron chi connectivity index (χ3n) is 9.94. The zero-order valence-corrected chi connectivity index (χ0v) is 42.4. The molecular formula is C51H80N2O17. The molecule has 70 heavy (non-hydrogen) atoms. The summed E-state index contributed by atoms with van der Waals surface area (Å²) in [6.07, 6.45) is 0.508. The van der Waals surface area contributed by atoms with E-state index in [-0.39, 0.29) is 32.2 Å². The van der Waals surface area contributed by atoms with E-state index < -0.39 is 37.1 Å². The Morgan fingerprint density at radius 1 is 0.414 bits per heavy atom. The molecule has 19 heteroatoms. The molecule has 0 aromatic heterocycles. The summed E-state index contributed by atoms with van der Waals surface area (Å²) in [6, 6.07) is 15.3. The van der Waals surface area contributed by atoms with Gasteiger partial charge in [-0.2, -0.15) is 0 Å². The summed E-state index contributed by atoms with van der Waals surface area (Å²) >= 11 is 0. The number of rotatable bonds is 46. The molecule has 2 rings (SSSR count). The summed E-state index contributed by atoms with van der Waals surface area (Å²) in [5.41, 5.74) is 3.22. The number of esters is 2. The lowest BCUT2D eigenvalue weighted by atomic mass is 10.0. The van der Waals surface area contributed by atoms with Gasteiger partial charge in [-0.3, -0.25) is 4.79 Å². The van der Waals surface area contributed by atoms with Crippen LogP contribution in [0.4, 0.5) is 11.4 Å². The average Bonchev–Trinajstić information content (AvgIpc) is 3.37. The first-order valence-electron chi connectivity index (χ1n) is 24.1. The maximum absolute atomic E-state index is 13.4. The molecule has 396 valence electrons. The van der Waals surface area contributed by atoms with Crippen LogP contribution in [0.15, 0.2) is 73.8 Å². The number of carbonyl (C=O) groups is 3. The molecule has 4 atom stereocenters. The van der Waals surface area contributed by atoms with Gasteiger partial charge < -0.3 is 76.1 Å². The number of hydrogen-bond acceptors (Lipinski definition) is 19. The first-order valence-corrected chi connectivity index (χ1v) is 24.1. The van der Waals surface area contributed by atoms with E-state index in [9.17, 15) is 14.4 Å². The largest absolute Gasteiger partial charge is 0.460 e. The average molecular weight is 993 g/mol. The molecule has 0 aliphatic heterocycles. The van der Waals surface area contributed by atoms with Crippen LogP contribution in [0.1, 0.15) is 57.5 Å².